The van der Waals surface area contributed by atoms with Gasteiger partial charge in [-0.3, -0.25) is 14.5 Å². The predicted octanol–water partition coefficient (Wildman–Crippen LogP) is 2.59. The fourth-order valence-corrected chi connectivity index (χ4v) is 3.28. The summed E-state index contributed by atoms with van der Waals surface area (Å²) in [6, 6.07) is 6.79. The first kappa shape index (κ1) is 22.0. The molecule has 0 aromatic heterocycles. The highest BCUT2D eigenvalue weighted by Gasteiger charge is 2.28. The summed E-state index contributed by atoms with van der Waals surface area (Å²) < 4.78 is 5.11. The quantitative estimate of drug-likeness (QED) is 0.673. The molecular weight excluding hydrogens is 354 g/mol. The number of benzene rings is 1. The van der Waals surface area contributed by atoms with Crippen LogP contribution in [0.1, 0.15) is 45.6 Å². The number of carbonyl (C=O) groups is 2. The van der Waals surface area contributed by atoms with E-state index in [2.05, 4.69) is 29.4 Å². The number of hydrogen-bond acceptors (Lipinski definition) is 4. The van der Waals surface area contributed by atoms with Crippen molar-refractivity contribution in [2.45, 2.75) is 51.6 Å². The third-order valence-corrected chi connectivity index (χ3v) is 5.20. The second-order valence-corrected chi connectivity index (χ2v) is 7.91. The van der Waals surface area contributed by atoms with Crippen molar-refractivity contribution in [2.24, 2.45) is 0 Å². The lowest BCUT2D eigenvalue weighted by Crippen LogP contribution is -2.55. The maximum absolute atomic E-state index is 12.4. The van der Waals surface area contributed by atoms with E-state index in [4.69, 9.17) is 4.74 Å². The average Bonchev–Trinajstić information content (AvgIpc) is 2.71. The van der Waals surface area contributed by atoms with Crippen LogP contribution < -0.4 is 15.4 Å². The van der Waals surface area contributed by atoms with Crippen molar-refractivity contribution < 1.29 is 14.3 Å². The van der Waals surface area contributed by atoms with Gasteiger partial charge in [-0.25, -0.2) is 0 Å². The molecule has 1 fully saturated rings. The minimum absolute atomic E-state index is 0.0892. The summed E-state index contributed by atoms with van der Waals surface area (Å²) in [6.07, 6.45) is 6.85. The molecule has 6 nitrogen and oxygen atoms in total. The molecule has 0 spiro atoms. The van der Waals surface area contributed by atoms with E-state index < -0.39 is 6.04 Å². The molecule has 0 bridgehead atoms. The molecule has 1 atom stereocenters. The summed E-state index contributed by atoms with van der Waals surface area (Å²) in [6.45, 7) is 8.71. The lowest BCUT2D eigenvalue weighted by Gasteiger charge is -2.41. The van der Waals surface area contributed by atoms with Gasteiger partial charge < -0.3 is 15.4 Å². The van der Waals surface area contributed by atoms with Crippen LogP contribution in [-0.4, -0.2) is 55.0 Å². The van der Waals surface area contributed by atoms with Crippen molar-refractivity contribution in [3.63, 3.8) is 0 Å². The Morgan fingerprint density at radius 2 is 1.82 bits per heavy atom. The van der Waals surface area contributed by atoms with Crippen molar-refractivity contribution in [3.05, 3.63) is 35.9 Å². The molecular formula is C22H33N3O3. The molecule has 1 aromatic rings. The van der Waals surface area contributed by atoms with Gasteiger partial charge in [-0.1, -0.05) is 18.6 Å². The molecule has 1 saturated heterocycles. The SMILES string of the molecule is COc1ccc(C=CC(=O)NC(C)C(=O)NCC(C)(C)N2CCCCC2)cc1. The third kappa shape index (κ3) is 6.68. The highest BCUT2D eigenvalue weighted by molar-refractivity contribution is 5.95. The molecule has 28 heavy (non-hydrogen) atoms. The number of nitrogens with one attached hydrogen (secondary N) is 2. The van der Waals surface area contributed by atoms with Crippen molar-refractivity contribution >= 4 is 17.9 Å². The predicted molar refractivity (Wildman–Crippen MR) is 112 cm³/mol. The highest BCUT2D eigenvalue weighted by atomic mass is 16.5. The number of nitrogens with zero attached hydrogens (tertiary/aromatic N) is 1. The number of carbonyl (C=O) groups excluding carboxylic acids is 2. The Morgan fingerprint density at radius 1 is 1.18 bits per heavy atom. The molecule has 1 unspecified atom stereocenters. The zero-order valence-corrected chi connectivity index (χ0v) is 17.5. The summed E-state index contributed by atoms with van der Waals surface area (Å²) in [5, 5.41) is 5.69. The maximum Gasteiger partial charge on any atom is 0.244 e. The van der Waals surface area contributed by atoms with E-state index in [0.29, 0.717) is 6.54 Å². The zero-order chi connectivity index (χ0) is 20.6. The van der Waals surface area contributed by atoms with Crippen LogP contribution in [-0.2, 0) is 9.59 Å². The minimum Gasteiger partial charge on any atom is -0.497 e. The summed E-state index contributed by atoms with van der Waals surface area (Å²) in [5.74, 6) is 0.296. The average molecular weight is 388 g/mol. The molecule has 1 aromatic carbocycles. The third-order valence-electron chi connectivity index (χ3n) is 5.20. The molecule has 154 valence electrons. The van der Waals surface area contributed by atoms with E-state index >= 15 is 0 Å². The molecule has 1 aliphatic heterocycles. The Kier molecular flexibility index (Phi) is 8.05. The Labute approximate surface area is 168 Å². The van der Waals surface area contributed by atoms with E-state index in [1.807, 2.05) is 24.3 Å². The van der Waals surface area contributed by atoms with Crippen LogP contribution in [0.25, 0.3) is 6.08 Å². The van der Waals surface area contributed by atoms with Crippen LogP contribution in [0.2, 0.25) is 0 Å². The Bertz CT molecular complexity index is 677. The lowest BCUT2D eigenvalue weighted by atomic mass is 9.98. The number of methoxy groups -OCH3 is 1. The topological polar surface area (TPSA) is 70.7 Å². The molecule has 2 N–H and O–H groups in total. The van der Waals surface area contributed by atoms with Crippen molar-refractivity contribution in [2.75, 3.05) is 26.7 Å². The molecule has 0 saturated carbocycles. The van der Waals surface area contributed by atoms with Gasteiger partial charge in [0.1, 0.15) is 11.8 Å². The van der Waals surface area contributed by atoms with Gasteiger partial charge in [0, 0.05) is 18.2 Å². The van der Waals surface area contributed by atoms with Crippen LogP contribution >= 0.6 is 0 Å². The minimum atomic E-state index is -0.592. The summed E-state index contributed by atoms with van der Waals surface area (Å²) in [4.78, 5) is 26.9. The summed E-state index contributed by atoms with van der Waals surface area (Å²) in [7, 11) is 1.61. The Hall–Kier alpha value is -2.34. The van der Waals surface area contributed by atoms with E-state index in [1.54, 1.807) is 20.1 Å². The largest absolute Gasteiger partial charge is 0.497 e. The van der Waals surface area contributed by atoms with Gasteiger partial charge in [0.2, 0.25) is 11.8 Å². The second kappa shape index (κ2) is 10.3. The van der Waals surface area contributed by atoms with Gasteiger partial charge in [0.05, 0.1) is 7.11 Å². The fraction of sp³-hybridized carbons (Fsp3) is 0.545. The van der Waals surface area contributed by atoms with Gasteiger partial charge in [0.25, 0.3) is 0 Å². The monoisotopic (exact) mass is 387 g/mol. The number of amides is 2. The molecule has 1 aliphatic rings. The smallest absolute Gasteiger partial charge is 0.244 e. The van der Waals surface area contributed by atoms with Crippen LogP contribution in [0.4, 0.5) is 0 Å². The Morgan fingerprint density at radius 3 is 2.43 bits per heavy atom. The zero-order valence-electron chi connectivity index (χ0n) is 17.5. The number of ether oxygens (including phenoxy) is 1. The van der Waals surface area contributed by atoms with Gasteiger partial charge in [-0.2, -0.15) is 0 Å². The van der Waals surface area contributed by atoms with Crippen molar-refractivity contribution in [3.8, 4) is 5.75 Å². The molecule has 1 heterocycles. The molecule has 0 aliphatic carbocycles. The molecule has 2 amide bonds. The van der Waals surface area contributed by atoms with Gasteiger partial charge in [-0.05, 0) is 70.5 Å². The van der Waals surface area contributed by atoms with E-state index in [1.165, 1.54) is 25.3 Å². The number of hydrogen-bond donors (Lipinski definition) is 2. The van der Waals surface area contributed by atoms with Crippen LogP contribution in [0.3, 0.4) is 0 Å². The van der Waals surface area contributed by atoms with Crippen LogP contribution in [0.15, 0.2) is 30.3 Å². The first-order valence-corrected chi connectivity index (χ1v) is 9.97. The van der Waals surface area contributed by atoms with Crippen LogP contribution in [0, 0.1) is 0 Å². The van der Waals surface area contributed by atoms with Crippen molar-refractivity contribution in [1.82, 2.24) is 15.5 Å². The molecule has 0 radical (unpaired) electrons. The Balaban J connectivity index is 1.78. The van der Waals surface area contributed by atoms with Crippen molar-refractivity contribution in [1.29, 1.82) is 0 Å². The van der Waals surface area contributed by atoms with E-state index in [9.17, 15) is 9.59 Å². The number of rotatable bonds is 8. The summed E-state index contributed by atoms with van der Waals surface area (Å²) in [5.41, 5.74) is 0.796. The first-order chi connectivity index (χ1) is 13.3. The normalized spacial score (nSPS) is 16.6. The first-order valence-electron chi connectivity index (χ1n) is 9.97. The fourth-order valence-electron chi connectivity index (χ4n) is 3.28. The van der Waals surface area contributed by atoms with Gasteiger partial charge >= 0.3 is 0 Å². The lowest BCUT2D eigenvalue weighted by molar-refractivity contribution is -0.127. The molecule has 6 heteroatoms. The number of piperidine rings is 1. The number of likely N-dealkylation sites (tertiary alicyclic amines) is 1. The van der Waals surface area contributed by atoms with E-state index in [0.717, 1.165) is 24.4 Å². The maximum atomic E-state index is 12.4. The van der Waals surface area contributed by atoms with Gasteiger partial charge in [-0.15, -0.1) is 0 Å². The van der Waals surface area contributed by atoms with Crippen LogP contribution in [0.5, 0.6) is 5.75 Å². The second-order valence-electron chi connectivity index (χ2n) is 7.91. The van der Waals surface area contributed by atoms with Gasteiger partial charge in [0.15, 0.2) is 0 Å². The standard InChI is InChI=1S/C22H33N3O3/c1-17(21(27)23-16-22(2,3)25-14-6-5-7-15-25)24-20(26)13-10-18-8-11-19(28-4)12-9-18/h8-13,17H,5-7,14-16H2,1-4H3,(H,23,27)(H,24,26). The summed E-state index contributed by atoms with van der Waals surface area (Å²) >= 11 is 0. The molecule has 2 rings (SSSR count). The highest BCUT2D eigenvalue weighted by Crippen LogP contribution is 2.19. The van der Waals surface area contributed by atoms with E-state index in [-0.39, 0.29) is 17.4 Å².